The van der Waals surface area contributed by atoms with Gasteiger partial charge < -0.3 is 10.6 Å². The van der Waals surface area contributed by atoms with E-state index in [4.69, 9.17) is 16.9 Å². The highest BCUT2D eigenvalue weighted by Crippen LogP contribution is 2.22. The second-order valence-electron chi connectivity index (χ2n) is 4.38. The number of pyridine rings is 1. The molecule has 0 atom stereocenters. The fraction of sp³-hybridized carbons (Fsp3) is 0.133. The average Bonchev–Trinajstić information content (AvgIpc) is 2.47. The lowest BCUT2D eigenvalue weighted by Gasteiger charge is -2.10. The standard InChI is InChI=1S/C15H13ClN4O/c1-9-5-14(18-2)12(8-19-9)15(21)20-11-4-3-10(7-17)13(16)6-11/h3-6,8H,1-2H3,(H,18,19)(H,20,21). The molecule has 0 saturated heterocycles. The van der Waals surface area contributed by atoms with Gasteiger partial charge in [0, 0.05) is 24.6 Å². The van der Waals surface area contributed by atoms with Crippen LogP contribution in [0.15, 0.2) is 30.5 Å². The largest absolute Gasteiger partial charge is 0.387 e. The molecular formula is C15H13ClN4O. The van der Waals surface area contributed by atoms with Crippen molar-refractivity contribution in [1.82, 2.24) is 4.98 Å². The Morgan fingerprint density at radius 2 is 2.14 bits per heavy atom. The Labute approximate surface area is 127 Å². The number of aromatic nitrogens is 1. The molecule has 2 aromatic rings. The van der Waals surface area contributed by atoms with Crippen molar-refractivity contribution in [3.8, 4) is 6.07 Å². The number of benzene rings is 1. The molecule has 2 rings (SSSR count). The summed E-state index contributed by atoms with van der Waals surface area (Å²) in [5.41, 5.74) is 2.83. The Kier molecular flexibility index (Phi) is 4.41. The summed E-state index contributed by atoms with van der Waals surface area (Å²) in [5.74, 6) is -0.298. The van der Waals surface area contributed by atoms with Crippen molar-refractivity contribution in [3.05, 3.63) is 52.3 Å². The van der Waals surface area contributed by atoms with Gasteiger partial charge in [0.05, 0.1) is 21.8 Å². The molecule has 1 aromatic carbocycles. The van der Waals surface area contributed by atoms with Gasteiger partial charge in [0.2, 0.25) is 0 Å². The zero-order chi connectivity index (χ0) is 15.4. The summed E-state index contributed by atoms with van der Waals surface area (Å²) >= 11 is 5.94. The van der Waals surface area contributed by atoms with Gasteiger partial charge in [-0.15, -0.1) is 0 Å². The molecule has 5 nitrogen and oxygen atoms in total. The third-order valence-corrected chi connectivity index (χ3v) is 3.21. The minimum Gasteiger partial charge on any atom is -0.387 e. The van der Waals surface area contributed by atoms with E-state index in [9.17, 15) is 4.79 Å². The maximum absolute atomic E-state index is 12.3. The molecule has 0 radical (unpaired) electrons. The maximum Gasteiger partial charge on any atom is 0.259 e. The van der Waals surface area contributed by atoms with Crippen LogP contribution >= 0.6 is 11.6 Å². The smallest absolute Gasteiger partial charge is 0.259 e. The second kappa shape index (κ2) is 6.25. The van der Waals surface area contributed by atoms with Crippen LogP contribution in [0.2, 0.25) is 5.02 Å². The van der Waals surface area contributed by atoms with Crippen molar-refractivity contribution in [1.29, 1.82) is 5.26 Å². The van der Waals surface area contributed by atoms with Crippen LogP contribution in [-0.2, 0) is 0 Å². The lowest BCUT2D eigenvalue weighted by atomic mass is 10.1. The number of hydrogen-bond acceptors (Lipinski definition) is 4. The molecule has 2 N–H and O–H groups in total. The Balaban J connectivity index is 2.26. The number of nitrogens with one attached hydrogen (secondary N) is 2. The summed E-state index contributed by atoms with van der Waals surface area (Å²) in [6, 6.07) is 8.49. The van der Waals surface area contributed by atoms with Gasteiger partial charge in [-0.05, 0) is 31.2 Å². The molecule has 0 bridgehead atoms. The number of amides is 1. The fourth-order valence-electron chi connectivity index (χ4n) is 1.83. The number of anilines is 2. The number of hydrogen-bond donors (Lipinski definition) is 2. The molecule has 0 aliphatic carbocycles. The average molecular weight is 301 g/mol. The van der Waals surface area contributed by atoms with E-state index in [0.717, 1.165) is 5.69 Å². The van der Waals surface area contributed by atoms with Crippen LogP contribution in [0.3, 0.4) is 0 Å². The van der Waals surface area contributed by atoms with Crippen LogP contribution in [0.1, 0.15) is 21.6 Å². The third-order valence-electron chi connectivity index (χ3n) is 2.90. The minimum absolute atomic E-state index is 0.297. The van der Waals surface area contributed by atoms with Crippen LogP contribution in [0.5, 0.6) is 0 Å². The Hall–Kier alpha value is -2.58. The first-order valence-electron chi connectivity index (χ1n) is 6.20. The van der Waals surface area contributed by atoms with E-state index in [1.807, 2.05) is 13.0 Å². The van der Waals surface area contributed by atoms with Crippen LogP contribution in [0.25, 0.3) is 0 Å². The summed E-state index contributed by atoms with van der Waals surface area (Å²) in [5, 5.41) is 14.8. The quantitative estimate of drug-likeness (QED) is 0.912. The highest BCUT2D eigenvalue weighted by atomic mass is 35.5. The minimum atomic E-state index is -0.298. The van der Waals surface area contributed by atoms with Crippen molar-refractivity contribution >= 4 is 28.9 Å². The van der Waals surface area contributed by atoms with Crippen LogP contribution < -0.4 is 10.6 Å². The zero-order valence-electron chi connectivity index (χ0n) is 11.6. The third kappa shape index (κ3) is 3.30. The summed E-state index contributed by atoms with van der Waals surface area (Å²) < 4.78 is 0. The Morgan fingerprint density at radius 3 is 2.76 bits per heavy atom. The highest BCUT2D eigenvalue weighted by Gasteiger charge is 2.12. The molecule has 1 aromatic heterocycles. The zero-order valence-corrected chi connectivity index (χ0v) is 12.3. The first-order chi connectivity index (χ1) is 10.0. The van der Waals surface area contributed by atoms with Crippen LogP contribution in [0.4, 0.5) is 11.4 Å². The van der Waals surface area contributed by atoms with Gasteiger partial charge in [-0.2, -0.15) is 5.26 Å². The molecule has 0 aliphatic rings. The molecule has 106 valence electrons. The molecule has 21 heavy (non-hydrogen) atoms. The van der Waals surface area contributed by atoms with Crippen molar-refractivity contribution in [2.75, 3.05) is 17.7 Å². The monoisotopic (exact) mass is 300 g/mol. The summed E-state index contributed by atoms with van der Waals surface area (Å²) in [6.45, 7) is 1.85. The molecular weight excluding hydrogens is 288 g/mol. The first-order valence-corrected chi connectivity index (χ1v) is 6.58. The van der Waals surface area contributed by atoms with Gasteiger partial charge in [0.1, 0.15) is 6.07 Å². The van der Waals surface area contributed by atoms with E-state index < -0.39 is 0 Å². The second-order valence-corrected chi connectivity index (χ2v) is 4.79. The normalized spacial score (nSPS) is 9.81. The maximum atomic E-state index is 12.3. The van der Waals surface area contributed by atoms with E-state index in [1.54, 1.807) is 31.3 Å². The molecule has 1 amide bonds. The molecule has 0 fully saturated rings. The number of halogens is 1. The van der Waals surface area contributed by atoms with Crippen molar-refractivity contribution in [2.45, 2.75) is 6.92 Å². The number of nitriles is 1. The van der Waals surface area contributed by atoms with Crippen molar-refractivity contribution in [2.24, 2.45) is 0 Å². The van der Waals surface area contributed by atoms with Crippen LogP contribution in [0, 0.1) is 18.3 Å². The van der Waals surface area contributed by atoms with Gasteiger partial charge in [0.25, 0.3) is 5.91 Å². The van der Waals surface area contributed by atoms with E-state index in [-0.39, 0.29) is 5.91 Å². The van der Waals surface area contributed by atoms with Gasteiger partial charge in [-0.3, -0.25) is 9.78 Å². The lowest BCUT2D eigenvalue weighted by Crippen LogP contribution is -2.14. The van der Waals surface area contributed by atoms with Crippen LogP contribution in [-0.4, -0.2) is 17.9 Å². The first kappa shape index (κ1) is 14.8. The van der Waals surface area contributed by atoms with Gasteiger partial charge in [0.15, 0.2) is 0 Å². The molecule has 0 aliphatic heterocycles. The number of rotatable bonds is 3. The topological polar surface area (TPSA) is 77.8 Å². The molecule has 1 heterocycles. The molecule has 0 spiro atoms. The van der Waals surface area contributed by atoms with Crippen molar-refractivity contribution in [3.63, 3.8) is 0 Å². The Bertz CT molecular complexity index is 737. The van der Waals surface area contributed by atoms with Gasteiger partial charge >= 0.3 is 0 Å². The molecule has 0 saturated carbocycles. The summed E-state index contributed by atoms with van der Waals surface area (Å²) in [6.07, 6.45) is 1.52. The number of carbonyl (C=O) groups excluding carboxylic acids is 1. The predicted octanol–water partition coefficient (Wildman–Crippen LogP) is 3.21. The van der Waals surface area contributed by atoms with E-state index in [0.29, 0.717) is 27.5 Å². The summed E-state index contributed by atoms with van der Waals surface area (Å²) in [7, 11) is 1.74. The molecule has 6 heteroatoms. The number of carbonyl (C=O) groups is 1. The lowest BCUT2D eigenvalue weighted by molar-refractivity contribution is 0.102. The predicted molar refractivity (Wildman–Crippen MR) is 82.6 cm³/mol. The van der Waals surface area contributed by atoms with Gasteiger partial charge in [-0.1, -0.05) is 11.6 Å². The fourth-order valence-corrected chi connectivity index (χ4v) is 2.05. The van der Waals surface area contributed by atoms with Crippen molar-refractivity contribution < 1.29 is 4.79 Å². The number of nitrogens with zero attached hydrogens (tertiary/aromatic N) is 2. The Morgan fingerprint density at radius 1 is 1.38 bits per heavy atom. The van der Waals surface area contributed by atoms with E-state index >= 15 is 0 Å². The SMILES string of the molecule is CNc1cc(C)ncc1C(=O)Nc1ccc(C#N)c(Cl)c1. The van der Waals surface area contributed by atoms with E-state index in [2.05, 4.69) is 15.6 Å². The molecule has 0 unspecified atom stereocenters. The number of aryl methyl sites for hydroxylation is 1. The van der Waals surface area contributed by atoms with Gasteiger partial charge in [-0.25, -0.2) is 0 Å². The highest BCUT2D eigenvalue weighted by molar-refractivity contribution is 6.32. The van der Waals surface area contributed by atoms with E-state index in [1.165, 1.54) is 6.20 Å². The summed E-state index contributed by atoms with van der Waals surface area (Å²) in [4.78, 5) is 16.4.